The highest BCUT2D eigenvalue weighted by Crippen LogP contribution is 2.18. The minimum absolute atomic E-state index is 0. The monoisotopic (exact) mass is 316 g/mol. The quantitative estimate of drug-likeness (QED) is 0.876. The van der Waals surface area contributed by atoms with Gasteiger partial charge in [0.25, 0.3) is 5.91 Å². The molecule has 21 heavy (non-hydrogen) atoms. The summed E-state index contributed by atoms with van der Waals surface area (Å²) in [6.45, 7) is 3.63. The van der Waals surface area contributed by atoms with E-state index < -0.39 is 11.9 Å². The van der Waals surface area contributed by atoms with Crippen LogP contribution in [0.5, 0.6) is 5.75 Å². The van der Waals surface area contributed by atoms with Crippen molar-refractivity contribution >= 4 is 18.3 Å². The van der Waals surface area contributed by atoms with Gasteiger partial charge in [-0.05, 0) is 37.9 Å². The number of carbonyl (C=O) groups is 1. The van der Waals surface area contributed by atoms with E-state index in [9.17, 15) is 9.18 Å². The average molecular weight is 317 g/mol. The molecule has 1 amide bonds. The van der Waals surface area contributed by atoms with E-state index in [4.69, 9.17) is 4.74 Å². The zero-order valence-electron chi connectivity index (χ0n) is 12.1. The lowest BCUT2D eigenvalue weighted by Gasteiger charge is -2.26. The van der Waals surface area contributed by atoms with E-state index in [-0.39, 0.29) is 30.1 Å². The fourth-order valence-corrected chi connectivity index (χ4v) is 2.28. The van der Waals surface area contributed by atoms with Gasteiger partial charge >= 0.3 is 0 Å². The van der Waals surface area contributed by atoms with Gasteiger partial charge in [-0.1, -0.05) is 19.1 Å². The van der Waals surface area contributed by atoms with E-state index in [0.717, 1.165) is 25.9 Å². The summed E-state index contributed by atoms with van der Waals surface area (Å²) in [6, 6.07) is 6.28. The van der Waals surface area contributed by atoms with Crippen LogP contribution in [0.1, 0.15) is 26.2 Å². The summed E-state index contributed by atoms with van der Waals surface area (Å²) in [6.07, 6.45) is 1.86. The molecule has 118 valence electrons. The molecule has 0 radical (unpaired) electrons. The second-order valence-corrected chi connectivity index (χ2v) is 5.00. The Kier molecular flexibility index (Phi) is 7.47. The zero-order chi connectivity index (χ0) is 14.4. The topological polar surface area (TPSA) is 50.4 Å². The highest BCUT2D eigenvalue weighted by molar-refractivity contribution is 5.85. The van der Waals surface area contributed by atoms with Crippen LogP contribution in [0, 0.1) is 5.82 Å². The molecule has 0 spiro atoms. The molecule has 2 rings (SSSR count). The lowest BCUT2D eigenvalue weighted by molar-refractivity contribution is -0.129. The third-order valence-corrected chi connectivity index (χ3v) is 3.41. The lowest BCUT2D eigenvalue weighted by atomic mass is 10.1. The molecular formula is C15H22ClFN2O2. The number of hydrogen-bond donors (Lipinski definition) is 2. The molecule has 1 aliphatic rings. The fraction of sp³-hybridized carbons (Fsp3) is 0.533. The van der Waals surface area contributed by atoms with E-state index in [1.165, 1.54) is 12.1 Å². The highest BCUT2D eigenvalue weighted by atomic mass is 35.5. The Morgan fingerprint density at radius 2 is 2.29 bits per heavy atom. The first kappa shape index (κ1) is 17.7. The number of halogens is 2. The van der Waals surface area contributed by atoms with Crippen LogP contribution in [0.15, 0.2) is 24.3 Å². The van der Waals surface area contributed by atoms with Gasteiger partial charge in [0.1, 0.15) is 0 Å². The molecule has 0 aliphatic carbocycles. The van der Waals surface area contributed by atoms with Crippen LogP contribution in [0.2, 0.25) is 0 Å². The maximum absolute atomic E-state index is 13.5. The Hall–Kier alpha value is -1.33. The molecule has 1 heterocycles. The highest BCUT2D eigenvalue weighted by Gasteiger charge is 2.23. The van der Waals surface area contributed by atoms with Gasteiger partial charge in [0.05, 0.1) is 0 Å². The SMILES string of the molecule is CCC(Oc1ccccc1F)C(=O)NC1CCCNC1.Cl. The summed E-state index contributed by atoms with van der Waals surface area (Å²) in [4.78, 5) is 12.2. The summed E-state index contributed by atoms with van der Waals surface area (Å²) >= 11 is 0. The fourth-order valence-electron chi connectivity index (χ4n) is 2.28. The van der Waals surface area contributed by atoms with Crippen LogP contribution in [0.3, 0.4) is 0 Å². The molecule has 0 aromatic heterocycles. The van der Waals surface area contributed by atoms with Crippen molar-refractivity contribution in [2.24, 2.45) is 0 Å². The molecule has 6 heteroatoms. The van der Waals surface area contributed by atoms with E-state index in [0.29, 0.717) is 6.42 Å². The van der Waals surface area contributed by atoms with Crippen molar-refractivity contribution in [1.29, 1.82) is 0 Å². The van der Waals surface area contributed by atoms with Gasteiger partial charge in [0.15, 0.2) is 17.7 Å². The van der Waals surface area contributed by atoms with Crippen molar-refractivity contribution in [3.63, 3.8) is 0 Å². The molecule has 1 aliphatic heterocycles. The maximum Gasteiger partial charge on any atom is 0.261 e. The van der Waals surface area contributed by atoms with Crippen molar-refractivity contribution in [3.8, 4) is 5.75 Å². The van der Waals surface area contributed by atoms with E-state index in [2.05, 4.69) is 10.6 Å². The molecule has 2 N–H and O–H groups in total. The Bertz CT molecular complexity index is 453. The van der Waals surface area contributed by atoms with Gasteiger partial charge in [-0.15, -0.1) is 12.4 Å². The van der Waals surface area contributed by atoms with E-state index in [1.807, 2.05) is 6.92 Å². The standard InChI is InChI=1S/C15H21FN2O2.ClH/c1-2-13(20-14-8-4-3-7-12(14)16)15(19)18-11-6-5-9-17-10-11;/h3-4,7-8,11,13,17H,2,5-6,9-10H2,1H3,(H,18,19);1H. The molecule has 1 aromatic rings. The summed E-state index contributed by atoms with van der Waals surface area (Å²) in [5.41, 5.74) is 0. The number of hydrogen-bond acceptors (Lipinski definition) is 3. The Morgan fingerprint density at radius 3 is 2.90 bits per heavy atom. The van der Waals surface area contributed by atoms with Gasteiger partial charge in [0, 0.05) is 12.6 Å². The van der Waals surface area contributed by atoms with Crippen molar-refractivity contribution in [3.05, 3.63) is 30.1 Å². The van der Waals surface area contributed by atoms with Crippen LogP contribution < -0.4 is 15.4 Å². The second-order valence-electron chi connectivity index (χ2n) is 5.00. The van der Waals surface area contributed by atoms with Crippen molar-refractivity contribution in [2.45, 2.75) is 38.3 Å². The first-order valence-electron chi connectivity index (χ1n) is 7.13. The van der Waals surface area contributed by atoms with Crippen LogP contribution >= 0.6 is 12.4 Å². The molecule has 0 bridgehead atoms. The molecule has 0 saturated carbocycles. The van der Waals surface area contributed by atoms with Crippen LogP contribution in [-0.4, -0.2) is 31.1 Å². The van der Waals surface area contributed by atoms with Gasteiger partial charge in [-0.2, -0.15) is 0 Å². The summed E-state index contributed by atoms with van der Waals surface area (Å²) in [5.74, 6) is -0.501. The molecule has 2 unspecified atom stereocenters. The summed E-state index contributed by atoms with van der Waals surface area (Å²) < 4.78 is 19.0. The summed E-state index contributed by atoms with van der Waals surface area (Å²) in [5, 5.41) is 6.20. The minimum atomic E-state index is -0.658. The number of benzene rings is 1. The number of nitrogens with one attached hydrogen (secondary N) is 2. The maximum atomic E-state index is 13.5. The normalized spacial score (nSPS) is 19.2. The predicted molar refractivity (Wildman–Crippen MR) is 82.4 cm³/mol. The third-order valence-electron chi connectivity index (χ3n) is 3.41. The Balaban J connectivity index is 0.00000220. The van der Waals surface area contributed by atoms with Crippen LogP contribution in [0.4, 0.5) is 4.39 Å². The molecule has 1 aromatic carbocycles. The number of amides is 1. The Morgan fingerprint density at radius 1 is 1.52 bits per heavy atom. The average Bonchev–Trinajstić information content (AvgIpc) is 2.47. The Labute approximate surface area is 130 Å². The summed E-state index contributed by atoms with van der Waals surface area (Å²) in [7, 11) is 0. The number of carbonyl (C=O) groups excluding carboxylic acids is 1. The van der Waals surface area contributed by atoms with E-state index in [1.54, 1.807) is 12.1 Å². The molecule has 2 atom stereocenters. The van der Waals surface area contributed by atoms with Crippen molar-refractivity contribution < 1.29 is 13.9 Å². The number of ether oxygens (including phenoxy) is 1. The number of piperidine rings is 1. The molecular weight excluding hydrogens is 295 g/mol. The first-order chi connectivity index (χ1) is 9.70. The van der Waals surface area contributed by atoms with E-state index >= 15 is 0 Å². The second kappa shape index (κ2) is 8.85. The minimum Gasteiger partial charge on any atom is -0.478 e. The van der Waals surface area contributed by atoms with Crippen molar-refractivity contribution in [1.82, 2.24) is 10.6 Å². The number of para-hydroxylation sites is 1. The predicted octanol–water partition coefficient (Wildman–Crippen LogP) is 2.27. The van der Waals surface area contributed by atoms with Gasteiger partial charge in [0.2, 0.25) is 0 Å². The molecule has 4 nitrogen and oxygen atoms in total. The smallest absolute Gasteiger partial charge is 0.261 e. The molecule has 1 fully saturated rings. The third kappa shape index (κ3) is 5.17. The van der Waals surface area contributed by atoms with Crippen molar-refractivity contribution in [2.75, 3.05) is 13.1 Å². The van der Waals surface area contributed by atoms with Gasteiger partial charge in [-0.3, -0.25) is 4.79 Å². The van der Waals surface area contributed by atoms with Gasteiger partial charge in [-0.25, -0.2) is 4.39 Å². The van der Waals surface area contributed by atoms with Gasteiger partial charge < -0.3 is 15.4 Å². The van der Waals surface area contributed by atoms with Crippen LogP contribution in [-0.2, 0) is 4.79 Å². The first-order valence-corrected chi connectivity index (χ1v) is 7.13. The number of rotatable bonds is 5. The zero-order valence-corrected chi connectivity index (χ0v) is 12.9. The largest absolute Gasteiger partial charge is 0.478 e. The van der Waals surface area contributed by atoms with Crippen LogP contribution in [0.25, 0.3) is 0 Å². The molecule has 1 saturated heterocycles. The lowest BCUT2D eigenvalue weighted by Crippen LogP contribution is -2.49.